The fraction of sp³-hybridized carbons (Fsp3) is 0.394. The first-order chi connectivity index (χ1) is 18.1. The monoisotopic (exact) mass is 499 g/mol. The van der Waals surface area contributed by atoms with Gasteiger partial charge in [-0.3, -0.25) is 4.90 Å². The van der Waals surface area contributed by atoms with Crippen molar-refractivity contribution in [2.24, 2.45) is 0 Å². The van der Waals surface area contributed by atoms with Crippen LogP contribution < -0.4 is 4.74 Å². The number of unbranched alkanes of at least 4 members (excludes halogenated alkanes) is 2. The van der Waals surface area contributed by atoms with Gasteiger partial charge in [-0.1, -0.05) is 69.0 Å². The smallest absolute Gasteiger partial charge is 0.119 e. The number of likely N-dealkylation sites (tertiary alicyclic amines) is 1. The number of phenolic OH excluding ortho intramolecular Hbond substituents is 2. The summed E-state index contributed by atoms with van der Waals surface area (Å²) in [5.74, 6) is 1.40. The Morgan fingerprint density at radius 2 is 1.38 bits per heavy atom. The van der Waals surface area contributed by atoms with Crippen LogP contribution >= 0.6 is 0 Å². The minimum absolute atomic E-state index is 0.251. The lowest BCUT2D eigenvalue weighted by molar-refractivity contribution is 0.214. The minimum atomic E-state index is 0.251. The van der Waals surface area contributed by atoms with E-state index in [0.717, 1.165) is 60.2 Å². The number of nitrogens with zero attached hydrogens (tertiary/aromatic N) is 1. The second kappa shape index (κ2) is 13.9. The molecule has 0 atom stereocenters. The molecule has 37 heavy (non-hydrogen) atoms. The Balaban J connectivity index is 1.67. The van der Waals surface area contributed by atoms with Crippen LogP contribution in [0.4, 0.5) is 0 Å². The highest BCUT2D eigenvalue weighted by Gasteiger charge is 2.16. The van der Waals surface area contributed by atoms with E-state index in [1.165, 1.54) is 44.3 Å². The molecule has 3 aromatic rings. The summed E-state index contributed by atoms with van der Waals surface area (Å²) in [7, 11) is 0. The molecule has 0 radical (unpaired) electrons. The van der Waals surface area contributed by atoms with Crippen LogP contribution in [0.15, 0.2) is 72.8 Å². The highest BCUT2D eigenvalue weighted by atomic mass is 16.5. The van der Waals surface area contributed by atoms with Gasteiger partial charge in [0.15, 0.2) is 0 Å². The highest BCUT2D eigenvalue weighted by Crippen LogP contribution is 2.37. The first kappa shape index (κ1) is 26.8. The van der Waals surface area contributed by atoms with Gasteiger partial charge in [-0.15, -0.1) is 0 Å². The van der Waals surface area contributed by atoms with Gasteiger partial charge in [0.2, 0.25) is 0 Å². The highest BCUT2D eigenvalue weighted by molar-refractivity contribution is 5.98. The van der Waals surface area contributed by atoms with E-state index in [1.807, 2.05) is 24.3 Å². The molecule has 1 aliphatic heterocycles. The molecule has 1 heterocycles. The standard InChI is InChI=1S/C33H41NO3/c1-2-3-6-12-32(33(26-13-17-29(35)18-14-26)27-15-19-30(36)20-16-27)28-10-9-11-31(25-28)37-24-23-34-21-7-4-5-8-22-34/h9-11,13-20,25,35-36H,2-8,12,21-24H2,1H3. The summed E-state index contributed by atoms with van der Waals surface area (Å²) in [5.41, 5.74) is 5.62. The molecule has 4 nitrogen and oxygen atoms in total. The zero-order chi connectivity index (χ0) is 25.9. The van der Waals surface area contributed by atoms with Crippen LogP contribution in [0, 0.1) is 0 Å². The van der Waals surface area contributed by atoms with Crippen molar-refractivity contribution in [1.82, 2.24) is 4.90 Å². The molecule has 4 heteroatoms. The molecule has 0 aliphatic carbocycles. The third kappa shape index (κ3) is 7.87. The first-order valence-electron chi connectivity index (χ1n) is 13.9. The number of hydrogen-bond donors (Lipinski definition) is 2. The fourth-order valence-corrected chi connectivity index (χ4v) is 5.16. The van der Waals surface area contributed by atoms with Crippen molar-refractivity contribution in [2.75, 3.05) is 26.2 Å². The Bertz CT molecular complexity index is 1080. The average Bonchev–Trinajstić information content (AvgIpc) is 3.19. The maximum absolute atomic E-state index is 9.93. The van der Waals surface area contributed by atoms with Gasteiger partial charge in [-0.2, -0.15) is 0 Å². The lowest BCUT2D eigenvalue weighted by atomic mass is 9.86. The Morgan fingerprint density at radius 1 is 0.757 bits per heavy atom. The van der Waals surface area contributed by atoms with Gasteiger partial charge in [0, 0.05) is 6.54 Å². The largest absolute Gasteiger partial charge is 0.508 e. The number of hydrogen-bond acceptors (Lipinski definition) is 4. The van der Waals surface area contributed by atoms with Gasteiger partial charge in [-0.25, -0.2) is 0 Å². The average molecular weight is 500 g/mol. The SMILES string of the molecule is CCCCCC(=C(c1ccc(O)cc1)c1ccc(O)cc1)c1cccc(OCCN2CCCCCC2)c1. The molecule has 3 aromatic carbocycles. The molecule has 2 N–H and O–H groups in total. The zero-order valence-corrected chi connectivity index (χ0v) is 22.2. The molecule has 0 amide bonds. The molecule has 1 saturated heterocycles. The van der Waals surface area contributed by atoms with E-state index in [2.05, 4.69) is 36.1 Å². The summed E-state index contributed by atoms with van der Waals surface area (Å²) < 4.78 is 6.26. The summed E-state index contributed by atoms with van der Waals surface area (Å²) in [6.07, 6.45) is 9.60. The van der Waals surface area contributed by atoms with Crippen LogP contribution in [0.2, 0.25) is 0 Å². The summed E-state index contributed by atoms with van der Waals surface area (Å²) in [5, 5.41) is 19.9. The Labute approximate surface area is 222 Å². The lowest BCUT2D eigenvalue weighted by Crippen LogP contribution is -2.29. The molecule has 0 unspecified atom stereocenters. The van der Waals surface area contributed by atoms with Crippen molar-refractivity contribution in [3.8, 4) is 17.2 Å². The second-order valence-electron chi connectivity index (χ2n) is 10.0. The molecule has 0 saturated carbocycles. The maximum Gasteiger partial charge on any atom is 0.119 e. The molecule has 1 fully saturated rings. The van der Waals surface area contributed by atoms with Crippen molar-refractivity contribution in [3.63, 3.8) is 0 Å². The number of allylic oxidation sites excluding steroid dienone is 1. The van der Waals surface area contributed by atoms with Gasteiger partial charge in [0.05, 0.1) is 0 Å². The topological polar surface area (TPSA) is 52.9 Å². The van der Waals surface area contributed by atoms with Gasteiger partial charge < -0.3 is 14.9 Å². The summed E-state index contributed by atoms with van der Waals surface area (Å²) >= 11 is 0. The minimum Gasteiger partial charge on any atom is -0.508 e. The van der Waals surface area contributed by atoms with Crippen LogP contribution in [0.25, 0.3) is 11.1 Å². The predicted molar refractivity (Wildman–Crippen MR) is 153 cm³/mol. The van der Waals surface area contributed by atoms with Crippen molar-refractivity contribution in [3.05, 3.63) is 89.5 Å². The lowest BCUT2D eigenvalue weighted by Gasteiger charge is -2.20. The number of benzene rings is 3. The second-order valence-corrected chi connectivity index (χ2v) is 10.0. The number of aromatic hydroxyl groups is 2. The van der Waals surface area contributed by atoms with Crippen LogP contribution in [-0.2, 0) is 0 Å². The third-order valence-electron chi connectivity index (χ3n) is 7.20. The molecule has 1 aliphatic rings. The van der Waals surface area contributed by atoms with Gasteiger partial charge in [0.25, 0.3) is 0 Å². The van der Waals surface area contributed by atoms with Crippen LogP contribution in [0.5, 0.6) is 17.2 Å². The van der Waals surface area contributed by atoms with E-state index in [0.29, 0.717) is 6.61 Å². The summed E-state index contributed by atoms with van der Waals surface area (Å²) in [4.78, 5) is 2.53. The van der Waals surface area contributed by atoms with Crippen molar-refractivity contribution in [2.45, 2.75) is 58.3 Å². The molecular weight excluding hydrogens is 458 g/mol. The van der Waals surface area contributed by atoms with Crippen molar-refractivity contribution < 1.29 is 14.9 Å². The zero-order valence-electron chi connectivity index (χ0n) is 22.2. The predicted octanol–water partition coefficient (Wildman–Crippen LogP) is 7.89. The van der Waals surface area contributed by atoms with E-state index in [4.69, 9.17) is 4.74 Å². The Kier molecular flexibility index (Phi) is 10.1. The van der Waals surface area contributed by atoms with Crippen LogP contribution in [0.3, 0.4) is 0 Å². The van der Waals surface area contributed by atoms with E-state index >= 15 is 0 Å². The van der Waals surface area contributed by atoms with E-state index in [9.17, 15) is 10.2 Å². The maximum atomic E-state index is 9.93. The van der Waals surface area contributed by atoms with Crippen LogP contribution in [-0.4, -0.2) is 41.4 Å². The molecule has 0 spiro atoms. The van der Waals surface area contributed by atoms with E-state index < -0.39 is 0 Å². The summed E-state index contributed by atoms with van der Waals surface area (Å²) in [6.45, 7) is 6.24. The normalized spacial score (nSPS) is 14.2. The van der Waals surface area contributed by atoms with Gasteiger partial charge in [-0.05, 0) is 103 Å². The van der Waals surface area contributed by atoms with E-state index in [-0.39, 0.29) is 11.5 Å². The Morgan fingerprint density at radius 3 is 1.97 bits per heavy atom. The first-order valence-corrected chi connectivity index (χ1v) is 13.9. The van der Waals surface area contributed by atoms with E-state index in [1.54, 1.807) is 24.3 Å². The molecular formula is C33H41NO3. The summed E-state index contributed by atoms with van der Waals surface area (Å²) in [6, 6.07) is 23.3. The molecule has 196 valence electrons. The fourth-order valence-electron chi connectivity index (χ4n) is 5.16. The van der Waals surface area contributed by atoms with Gasteiger partial charge in [0.1, 0.15) is 23.9 Å². The Hall–Kier alpha value is -3.24. The van der Waals surface area contributed by atoms with Crippen LogP contribution in [0.1, 0.15) is 75.0 Å². The number of ether oxygens (including phenoxy) is 1. The quantitative estimate of drug-likeness (QED) is 0.208. The molecule has 0 aromatic heterocycles. The van der Waals surface area contributed by atoms with Crippen molar-refractivity contribution in [1.29, 1.82) is 0 Å². The number of rotatable bonds is 11. The number of phenols is 2. The molecule has 4 rings (SSSR count). The van der Waals surface area contributed by atoms with Gasteiger partial charge >= 0.3 is 0 Å². The third-order valence-corrected chi connectivity index (χ3v) is 7.20. The molecule has 0 bridgehead atoms. The van der Waals surface area contributed by atoms with Crippen molar-refractivity contribution >= 4 is 11.1 Å².